The number of hydrogen-bond acceptors (Lipinski definition) is 6. The van der Waals surface area contributed by atoms with Crippen molar-refractivity contribution in [1.82, 2.24) is 15.0 Å². The normalized spacial score (nSPS) is 12.1. The molecular weight excluding hydrogens is 266 g/mol. The minimum Gasteiger partial charge on any atom is -0.480 e. The number of aromatic nitrogens is 3. The molecule has 0 fully saturated rings. The number of carboxylic acids is 1. The lowest BCUT2D eigenvalue weighted by Gasteiger charge is -2.02. The summed E-state index contributed by atoms with van der Waals surface area (Å²) in [5.41, 5.74) is 5.87. The largest absolute Gasteiger partial charge is 0.480 e. The Bertz CT molecular complexity index is 654. The van der Waals surface area contributed by atoms with Gasteiger partial charge in [0.1, 0.15) is 11.7 Å². The molecule has 0 saturated carbocycles. The Morgan fingerprint density at radius 1 is 1.50 bits per heavy atom. The number of nitro groups is 1. The van der Waals surface area contributed by atoms with Crippen molar-refractivity contribution < 1.29 is 14.8 Å². The molecule has 0 unspecified atom stereocenters. The molecule has 0 aliphatic rings. The van der Waals surface area contributed by atoms with E-state index >= 15 is 0 Å². The average molecular weight is 277 g/mol. The van der Waals surface area contributed by atoms with Crippen LogP contribution in [0.4, 0.5) is 5.69 Å². The third-order valence-corrected chi connectivity index (χ3v) is 2.61. The summed E-state index contributed by atoms with van der Waals surface area (Å²) >= 11 is 0. The van der Waals surface area contributed by atoms with Gasteiger partial charge in [-0.1, -0.05) is 17.3 Å². The van der Waals surface area contributed by atoms with Crippen molar-refractivity contribution in [1.29, 1.82) is 0 Å². The van der Waals surface area contributed by atoms with Gasteiger partial charge in [0.25, 0.3) is 5.69 Å². The molecule has 2 aromatic rings. The molecule has 0 aliphatic carbocycles. The zero-order valence-electron chi connectivity index (χ0n) is 10.2. The topological polar surface area (TPSA) is 137 Å². The first-order chi connectivity index (χ1) is 9.49. The molecule has 0 aliphatic heterocycles. The third-order valence-electron chi connectivity index (χ3n) is 2.61. The van der Waals surface area contributed by atoms with Crippen molar-refractivity contribution in [2.24, 2.45) is 5.73 Å². The Hall–Kier alpha value is -2.81. The van der Waals surface area contributed by atoms with Crippen molar-refractivity contribution >= 4 is 11.7 Å². The minimum absolute atomic E-state index is 0.00400. The van der Waals surface area contributed by atoms with E-state index in [2.05, 4.69) is 10.3 Å². The zero-order valence-corrected chi connectivity index (χ0v) is 10.2. The van der Waals surface area contributed by atoms with Crippen molar-refractivity contribution in [3.63, 3.8) is 0 Å². The maximum Gasteiger partial charge on any atom is 0.320 e. The highest BCUT2D eigenvalue weighted by Gasteiger charge is 2.18. The first-order valence-corrected chi connectivity index (χ1v) is 5.62. The third kappa shape index (κ3) is 2.78. The summed E-state index contributed by atoms with van der Waals surface area (Å²) < 4.78 is 1.22. The number of benzene rings is 1. The van der Waals surface area contributed by atoms with Crippen LogP contribution in [0.3, 0.4) is 0 Å². The summed E-state index contributed by atoms with van der Waals surface area (Å²) in [6.45, 7) is 0. The van der Waals surface area contributed by atoms with E-state index in [-0.39, 0.29) is 17.8 Å². The van der Waals surface area contributed by atoms with E-state index in [4.69, 9.17) is 10.8 Å². The number of nitrogens with two attached hydrogens (primary N) is 1. The first kappa shape index (κ1) is 13.6. The fraction of sp³-hybridized carbons (Fsp3) is 0.182. The molecule has 20 heavy (non-hydrogen) atoms. The Labute approximate surface area is 112 Å². The van der Waals surface area contributed by atoms with Gasteiger partial charge < -0.3 is 10.8 Å². The molecule has 1 atom stereocenters. The molecule has 1 heterocycles. The summed E-state index contributed by atoms with van der Waals surface area (Å²) in [6, 6.07) is 4.95. The molecule has 1 aromatic heterocycles. The number of carboxylic acid groups (broad SMARTS) is 1. The lowest BCUT2D eigenvalue weighted by atomic mass is 10.2. The monoisotopic (exact) mass is 277 g/mol. The Morgan fingerprint density at radius 2 is 2.20 bits per heavy atom. The predicted molar refractivity (Wildman–Crippen MR) is 67.3 cm³/mol. The van der Waals surface area contributed by atoms with Crippen LogP contribution < -0.4 is 5.73 Å². The summed E-state index contributed by atoms with van der Waals surface area (Å²) in [7, 11) is 0. The maximum absolute atomic E-state index is 10.9. The molecule has 1 aromatic carbocycles. The molecule has 0 radical (unpaired) electrons. The highest BCUT2D eigenvalue weighted by atomic mass is 16.6. The second-order valence-electron chi connectivity index (χ2n) is 4.05. The number of nitro benzene ring substituents is 1. The number of para-hydroxylation sites is 2. The standard InChI is InChI=1S/C11H11N5O4/c12-8(11(17)18)5-7-6-15(14-13-7)9-3-1-2-4-10(9)16(19)20/h1-4,6,8H,5,12H2,(H,17,18)/t8-/m0/s1. The van der Waals surface area contributed by atoms with Crippen LogP contribution in [-0.4, -0.2) is 37.0 Å². The van der Waals surface area contributed by atoms with Crippen LogP contribution in [0.15, 0.2) is 30.5 Å². The maximum atomic E-state index is 10.9. The van der Waals surface area contributed by atoms with Gasteiger partial charge in [0.2, 0.25) is 0 Å². The van der Waals surface area contributed by atoms with E-state index in [1.54, 1.807) is 12.1 Å². The summed E-state index contributed by atoms with van der Waals surface area (Å²) in [4.78, 5) is 21.0. The number of rotatable bonds is 5. The quantitative estimate of drug-likeness (QED) is 0.585. The summed E-state index contributed by atoms with van der Waals surface area (Å²) in [6.07, 6.45) is 1.42. The first-order valence-electron chi connectivity index (χ1n) is 5.62. The number of carbonyl (C=O) groups is 1. The van der Waals surface area contributed by atoms with Crippen molar-refractivity contribution in [2.45, 2.75) is 12.5 Å². The molecule has 2 rings (SSSR count). The number of hydrogen-bond donors (Lipinski definition) is 2. The van der Waals surface area contributed by atoms with Crippen molar-refractivity contribution in [3.05, 3.63) is 46.3 Å². The van der Waals surface area contributed by atoms with E-state index in [9.17, 15) is 14.9 Å². The van der Waals surface area contributed by atoms with Gasteiger partial charge in [-0.15, -0.1) is 5.10 Å². The fourth-order valence-electron chi connectivity index (χ4n) is 1.63. The second kappa shape index (κ2) is 5.45. The molecule has 104 valence electrons. The van der Waals surface area contributed by atoms with Crippen molar-refractivity contribution in [3.8, 4) is 5.69 Å². The molecule has 9 heteroatoms. The number of aliphatic carboxylic acids is 1. The van der Waals surface area contributed by atoms with E-state index < -0.39 is 16.9 Å². The van der Waals surface area contributed by atoms with Crippen LogP contribution in [0.5, 0.6) is 0 Å². The van der Waals surface area contributed by atoms with Gasteiger partial charge in [-0.2, -0.15) is 0 Å². The van der Waals surface area contributed by atoms with Crippen LogP contribution >= 0.6 is 0 Å². The summed E-state index contributed by atoms with van der Waals surface area (Å²) in [5, 5.41) is 27.1. The van der Waals surface area contributed by atoms with Crippen molar-refractivity contribution in [2.75, 3.05) is 0 Å². The molecule has 9 nitrogen and oxygen atoms in total. The van der Waals surface area contributed by atoms with E-state index in [1.807, 2.05) is 0 Å². The average Bonchev–Trinajstić information content (AvgIpc) is 2.87. The van der Waals surface area contributed by atoms with Gasteiger partial charge in [0, 0.05) is 12.5 Å². The summed E-state index contributed by atoms with van der Waals surface area (Å²) in [5.74, 6) is -1.15. The predicted octanol–water partition coefficient (Wildman–Crippen LogP) is 0.130. The SMILES string of the molecule is N[C@@H](Cc1cn(-c2ccccc2[N+](=O)[O-])nn1)C(=O)O. The highest BCUT2D eigenvalue weighted by Crippen LogP contribution is 2.21. The lowest BCUT2D eigenvalue weighted by molar-refractivity contribution is -0.384. The van der Waals surface area contributed by atoms with Crippen LogP contribution in [0.2, 0.25) is 0 Å². The van der Waals surface area contributed by atoms with Crippen LogP contribution in [-0.2, 0) is 11.2 Å². The van der Waals surface area contributed by atoms with E-state index in [0.29, 0.717) is 5.69 Å². The number of nitrogens with zero attached hydrogens (tertiary/aromatic N) is 4. The Kier molecular flexibility index (Phi) is 3.71. The molecule has 0 bridgehead atoms. The second-order valence-corrected chi connectivity index (χ2v) is 4.05. The van der Waals surface area contributed by atoms with Gasteiger partial charge in [-0.05, 0) is 6.07 Å². The van der Waals surface area contributed by atoms with E-state index in [1.165, 1.54) is 23.0 Å². The Balaban J connectivity index is 2.30. The molecular formula is C11H11N5O4. The minimum atomic E-state index is -1.15. The van der Waals surface area contributed by atoms with Crippen LogP contribution in [0.1, 0.15) is 5.69 Å². The van der Waals surface area contributed by atoms with E-state index in [0.717, 1.165) is 0 Å². The van der Waals surface area contributed by atoms with Gasteiger partial charge in [-0.25, -0.2) is 4.68 Å². The zero-order chi connectivity index (χ0) is 14.7. The highest BCUT2D eigenvalue weighted by molar-refractivity contribution is 5.73. The molecule has 0 spiro atoms. The van der Waals surface area contributed by atoms with Crippen LogP contribution in [0, 0.1) is 10.1 Å². The Morgan fingerprint density at radius 3 is 2.85 bits per heavy atom. The molecule has 0 amide bonds. The van der Waals surface area contributed by atoms with Gasteiger partial charge in [-0.3, -0.25) is 14.9 Å². The smallest absolute Gasteiger partial charge is 0.320 e. The molecule has 0 saturated heterocycles. The van der Waals surface area contributed by atoms with Crippen LogP contribution in [0.25, 0.3) is 5.69 Å². The van der Waals surface area contributed by atoms with Gasteiger partial charge in [0.15, 0.2) is 0 Å². The lowest BCUT2D eigenvalue weighted by Crippen LogP contribution is -2.32. The molecule has 3 N–H and O–H groups in total. The van der Waals surface area contributed by atoms with Gasteiger partial charge in [0.05, 0.1) is 16.8 Å². The van der Waals surface area contributed by atoms with Gasteiger partial charge >= 0.3 is 5.97 Å². The fourth-order valence-corrected chi connectivity index (χ4v) is 1.63.